The van der Waals surface area contributed by atoms with Crippen molar-refractivity contribution in [3.05, 3.63) is 29.8 Å². The number of nitrogens with two attached hydrogens (primary N) is 1. The number of hydrogen-bond donors (Lipinski definition) is 3. The normalized spacial score (nSPS) is 12.0. The monoisotopic (exact) mass is 315 g/mol. The van der Waals surface area contributed by atoms with Gasteiger partial charge in [-0.05, 0) is 32.4 Å². The number of amides is 1. The lowest BCUT2D eigenvalue weighted by Gasteiger charge is -2.22. The van der Waals surface area contributed by atoms with Gasteiger partial charge in [-0.3, -0.25) is 0 Å². The average Bonchev–Trinajstić information content (AvgIpc) is 2.37. The highest BCUT2D eigenvalue weighted by molar-refractivity contribution is 5.67. The van der Waals surface area contributed by atoms with Crippen molar-refractivity contribution in [1.82, 2.24) is 10.6 Å². The first-order valence-corrected chi connectivity index (χ1v) is 6.98. The third-order valence-corrected chi connectivity index (χ3v) is 2.64. The van der Waals surface area contributed by atoms with Gasteiger partial charge in [0.1, 0.15) is 5.60 Å². The summed E-state index contributed by atoms with van der Waals surface area (Å²) >= 11 is 0. The van der Waals surface area contributed by atoms with Crippen LogP contribution in [0.3, 0.4) is 0 Å². The first-order chi connectivity index (χ1) is 10.1. The molecule has 0 aliphatic carbocycles. The minimum absolute atomic E-state index is 0.231. The molecule has 0 bridgehead atoms. The van der Waals surface area contributed by atoms with Crippen molar-refractivity contribution in [2.45, 2.75) is 38.8 Å². The minimum Gasteiger partial charge on any atom is -0.444 e. The lowest BCUT2D eigenvalue weighted by atomic mass is 10.2. The van der Waals surface area contributed by atoms with Crippen LogP contribution in [0.5, 0.6) is 0 Å². The Kier molecular flexibility index (Phi) is 6.11. The zero-order valence-corrected chi connectivity index (χ0v) is 13.1. The molecule has 5 nitrogen and oxygen atoms in total. The van der Waals surface area contributed by atoms with Crippen molar-refractivity contribution in [3.8, 4) is 0 Å². The number of alkyl halides is 2. The number of ether oxygens (including phenoxy) is 1. The maximum Gasteiger partial charge on any atom is 0.407 e. The smallest absolute Gasteiger partial charge is 0.407 e. The van der Waals surface area contributed by atoms with Crippen LogP contribution >= 0.6 is 0 Å². The van der Waals surface area contributed by atoms with Gasteiger partial charge in [-0.1, -0.05) is 18.2 Å². The van der Waals surface area contributed by atoms with E-state index >= 15 is 0 Å². The van der Waals surface area contributed by atoms with Crippen molar-refractivity contribution in [3.63, 3.8) is 0 Å². The van der Waals surface area contributed by atoms with Gasteiger partial charge in [0, 0.05) is 12.2 Å². The number of rotatable bonds is 6. The lowest BCUT2D eigenvalue weighted by Crippen LogP contribution is -2.44. The second kappa shape index (κ2) is 7.40. The van der Waals surface area contributed by atoms with Gasteiger partial charge in [-0.25, -0.2) is 13.6 Å². The molecule has 0 aliphatic heterocycles. The maximum absolute atomic E-state index is 13.7. The van der Waals surface area contributed by atoms with E-state index in [1.54, 1.807) is 45.0 Å². The maximum atomic E-state index is 13.7. The van der Waals surface area contributed by atoms with Crippen LogP contribution in [0.4, 0.5) is 19.3 Å². The predicted molar refractivity (Wildman–Crippen MR) is 81.7 cm³/mol. The highest BCUT2D eigenvalue weighted by Gasteiger charge is 2.30. The van der Waals surface area contributed by atoms with E-state index in [2.05, 4.69) is 10.6 Å². The highest BCUT2D eigenvalue weighted by atomic mass is 19.3. The molecule has 22 heavy (non-hydrogen) atoms. The molecule has 0 aromatic heterocycles. The van der Waals surface area contributed by atoms with E-state index in [1.807, 2.05) is 0 Å². The molecule has 0 unspecified atom stereocenters. The molecule has 1 aromatic carbocycles. The van der Waals surface area contributed by atoms with E-state index < -0.39 is 30.7 Å². The standard InChI is InChI=1S/C15H23F2N3O2/c1-14(2,3)22-13(21)20-10-15(16,17)9-19-8-11-6-4-5-7-12(11)18/h4-7,19H,8-10,18H2,1-3H3,(H,20,21). The quantitative estimate of drug-likeness (QED) is 0.705. The molecule has 0 atom stereocenters. The van der Waals surface area contributed by atoms with Crippen LogP contribution in [-0.2, 0) is 11.3 Å². The fourth-order valence-corrected chi connectivity index (χ4v) is 1.65. The number of halogens is 2. The van der Waals surface area contributed by atoms with Crippen LogP contribution in [0.15, 0.2) is 24.3 Å². The number of carbonyl (C=O) groups is 1. The molecule has 1 aromatic rings. The van der Waals surface area contributed by atoms with E-state index in [1.165, 1.54) is 0 Å². The molecule has 0 radical (unpaired) electrons. The second-order valence-corrected chi connectivity index (χ2v) is 6.01. The molecule has 0 heterocycles. The van der Waals surface area contributed by atoms with E-state index in [9.17, 15) is 13.6 Å². The van der Waals surface area contributed by atoms with Crippen LogP contribution in [-0.4, -0.2) is 30.7 Å². The molecule has 0 fully saturated rings. The van der Waals surface area contributed by atoms with Crippen LogP contribution in [0, 0.1) is 0 Å². The Morgan fingerprint density at radius 3 is 2.45 bits per heavy atom. The van der Waals surface area contributed by atoms with Gasteiger partial charge in [0.05, 0.1) is 13.1 Å². The first-order valence-electron chi connectivity index (χ1n) is 6.98. The Balaban J connectivity index is 2.35. The fourth-order valence-electron chi connectivity index (χ4n) is 1.65. The predicted octanol–water partition coefficient (Wildman–Crippen LogP) is 2.52. The molecular weight excluding hydrogens is 292 g/mol. The van der Waals surface area contributed by atoms with Crippen molar-refractivity contribution >= 4 is 11.8 Å². The van der Waals surface area contributed by atoms with Gasteiger partial charge in [0.25, 0.3) is 5.92 Å². The van der Waals surface area contributed by atoms with E-state index in [-0.39, 0.29) is 6.54 Å². The van der Waals surface area contributed by atoms with Gasteiger partial charge in [-0.2, -0.15) is 0 Å². The second-order valence-electron chi connectivity index (χ2n) is 6.01. The third-order valence-electron chi connectivity index (χ3n) is 2.64. The molecular formula is C15H23F2N3O2. The Hall–Kier alpha value is -1.89. The summed E-state index contributed by atoms with van der Waals surface area (Å²) in [6, 6.07) is 7.03. The zero-order chi connectivity index (χ0) is 16.8. The lowest BCUT2D eigenvalue weighted by molar-refractivity contribution is -0.00375. The minimum atomic E-state index is -3.08. The molecule has 1 rings (SSSR count). The largest absolute Gasteiger partial charge is 0.444 e. The summed E-state index contributed by atoms with van der Waals surface area (Å²) in [5.74, 6) is -3.08. The number of nitrogens with one attached hydrogen (secondary N) is 2. The average molecular weight is 315 g/mol. The summed E-state index contributed by atoms with van der Waals surface area (Å²) in [4.78, 5) is 11.3. The summed E-state index contributed by atoms with van der Waals surface area (Å²) < 4.78 is 32.2. The highest BCUT2D eigenvalue weighted by Crippen LogP contribution is 2.14. The Morgan fingerprint density at radius 2 is 1.86 bits per heavy atom. The fraction of sp³-hybridized carbons (Fsp3) is 0.533. The van der Waals surface area contributed by atoms with Gasteiger partial charge >= 0.3 is 6.09 Å². The number of benzene rings is 1. The van der Waals surface area contributed by atoms with Gasteiger partial charge in [-0.15, -0.1) is 0 Å². The van der Waals surface area contributed by atoms with E-state index in [4.69, 9.17) is 10.5 Å². The Labute approximate surface area is 129 Å². The van der Waals surface area contributed by atoms with Crippen LogP contribution in [0.25, 0.3) is 0 Å². The zero-order valence-electron chi connectivity index (χ0n) is 13.1. The van der Waals surface area contributed by atoms with Gasteiger partial charge in [0.15, 0.2) is 0 Å². The summed E-state index contributed by atoms with van der Waals surface area (Å²) in [5, 5.41) is 4.70. The number of hydrogen-bond acceptors (Lipinski definition) is 4. The molecule has 0 spiro atoms. The summed E-state index contributed by atoms with van der Waals surface area (Å²) in [5.41, 5.74) is 6.30. The summed E-state index contributed by atoms with van der Waals surface area (Å²) in [6.07, 6.45) is -0.862. The molecule has 124 valence electrons. The van der Waals surface area contributed by atoms with Gasteiger partial charge in [0.2, 0.25) is 0 Å². The third kappa shape index (κ3) is 7.21. The number of nitrogen functional groups attached to an aromatic ring is 1. The van der Waals surface area contributed by atoms with E-state index in [0.717, 1.165) is 5.56 Å². The molecule has 0 aliphatic rings. The van der Waals surface area contributed by atoms with Crippen molar-refractivity contribution in [2.75, 3.05) is 18.8 Å². The van der Waals surface area contributed by atoms with Crippen molar-refractivity contribution < 1.29 is 18.3 Å². The Bertz CT molecular complexity index is 502. The molecule has 0 saturated heterocycles. The van der Waals surface area contributed by atoms with Crippen molar-refractivity contribution in [1.29, 1.82) is 0 Å². The number of para-hydroxylation sites is 1. The van der Waals surface area contributed by atoms with Crippen LogP contribution in [0.1, 0.15) is 26.3 Å². The Morgan fingerprint density at radius 1 is 1.23 bits per heavy atom. The molecule has 1 amide bonds. The molecule has 0 saturated carbocycles. The van der Waals surface area contributed by atoms with Crippen LogP contribution in [0.2, 0.25) is 0 Å². The summed E-state index contributed by atoms with van der Waals surface area (Å²) in [7, 11) is 0. The van der Waals surface area contributed by atoms with Gasteiger partial charge < -0.3 is 21.1 Å². The number of anilines is 1. The molecule has 7 heteroatoms. The number of alkyl carbamates (subject to hydrolysis) is 1. The molecule has 4 N–H and O–H groups in total. The summed E-state index contributed by atoms with van der Waals surface area (Å²) in [6.45, 7) is 3.86. The topological polar surface area (TPSA) is 76.4 Å². The first kappa shape index (κ1) is 18.2. The SMILES string of the molecule is CC(C)(C)OC(=O)NCC(F)(F)CNCc1ccccc1N. The number of carbonyl (C=O) groups excluding carboxylic acids is 1. The van der Waals surface area contributed by atoms with E-state index in [0.29, 0.717) is 5.69 Å². The van der Waals surface area contributed by atoms with Crippen molar-refractivity contribution in [2.24, 2.45) is 0 Å². The van der Waals surface area contributed by atoms with Crippen LogP contribution < -0.4 is 16.4 Å².